The number of benzene rings is 1. The molecule has 1 aromatic heterocycles. The van der Waals surface area contributed by atoms with Crippen LogP contribution < -0.4 is 4.72 Å². The molecule has 21 heavy (non-hydrogen) atoms. The first-order valence-electron chi connectivity index (χ1n) is 6.33. The van der Waals surface area contributed by atoms with E-state index in [0.717, 1.165) is 17.8 Å². The van der Waals surface area contributed by atoms with E-state index in [9.17, 15) is 17.2 Å². The number of hydrogen-bond donors (Lipinski definition) is 1. The van der Waals surface area contributed by atoms with Gasteiger partial charge in [0.2, 0.25) is 10.0 Å². The number of nitrogens with zero attached hydrogens (tertiary/aromatic N) is 2. The van der Waals surface area contributed by atoms with Gasteiger partial charge in [0.05, 0.1) is 10.6 Å². The minimum Gasteiger partial charge on any atom is -0.272 e. The molecule has 0 aliphatic rings. The van der Waals surface area contributed by atoms with E-state index in [1.165, 1.54) is 0 Å². The first-order chi connectivity index (χ1) is 9.88. The third-order valence-electron chi connectivity index (χ3n) is 2.83. The van der Waals surface area contributed by atoms with Crippen molar-refractivity contribution in [3.8, 4) is 0 Å². The Balaban J connectivity index is 1.90. The Hall–Kier alpha value is -1.80. The van der Waals surface area contributed by atoms with Crippen molar-refractivity contribution in [3.63, 3.8) is 0 Å². The summed E-state index contributed by atoms with van der Waals surface area (Å²) in [5, 5.41) is 4.17. The number of rotatable bonds is 6. The van der Waals surface area contributed by atoms with E-state index >= 15 is 0 Å². The molecular weight excluding hydrogens is 300 g/mol. The highest BCUT2D eigenvalue weighted by Crippen LogP contribution is 2.13. The highest BCUT2D eigenvalue weighted by Gasteiger charge is 2.15. The molecule has 2 rings (SSSR count). The molecule has 0 saturated carbocycles. The van der Waals surface area contributed by atoms with Gasteiger partial charge >= 0.3 is 0 Å². The van der Waals surface area contributed by atoms with Crippen LogP contribution in [-0.4, -0.2) is 24.7 Å². The summed E-state index contributed by atoms with van der Waals surface area (Å²) in [6, 6.07) is 4.33. The summed E-state index contributed by atoms with van der Waals surface area (Å²) in [6.07, 6.45) is 2.34. The highest BCUT2D eigenvalue weighted by molar-refractivity contribution is 7.89. The molecule has 8 heteroatoms. The fourth-order valence-electron chi connectivity index (χ4n) is 1.76. The van der Waals surface area contributed by atoms with Crippen molar-refractivity contribution in [2.45, 2.75) is 24.8 Å². The van der Waals surface area contributed by atoms with Crippen LogP contribution in [0.4, 0.5) is 8.78 Å². The van der Waals surface area contributed by atoms with Crippen molar-refractivity contribution >= 4 is 10.0 Å². The zero-order chi connectivity index (χ0) is 15.5. The van der Waals surface area contributed by atoms with Crippen LogP contribution in [0.25, 0.3) is 0 Å². The van der Waals surface area contributed by atoms with Gasteiger partial charge in [0.15, 0.2) is 11.6 Å². The summed E-state index contributed by atoms with van der Waals surface area (Å²) in [4.78, 5) is -0.295. The van der Waals surface area contributed by atoms with Gasteiger partial charge in [0.25, 0.3) is 0 Å². The van der Waals surface area contributed by atoms with E-state index in [0.29, 0.717) is 19.0 Å². The van der Waals surface area contributed by atoms with Crippen molar-refractivity contribution < 1.29 is 17.2 Å². The van der Waals surface area contributed by atoms with Crippen LogP contribution in [0.3, 0.4) is 0 Å². The monoisotopic (exact) mass is 315 g/mol. The minimum atomic E-state index is -3.84. The van der Waals surface area contributed by atoms with E-state index in [1.807, 2.05) is 13.0 Å². The molecule has 0 radical (unpaired) electrons. The molecule has 0 atom stereocenters. The van der Waals surface area contributed by atoms with Crippen molar-refractivity contribution in [3.05, 3.63) is 47.8 Å². The summed E-state index contributed by atoms with van der Waals surface area (Å²) in [5.74, 6) is -2.27. The van der Waals surface area contributed by atoms with Crippen LogP contribution >= 0.6 is 0 Å². The Bertz CT molecular complexity index is 729. The van der Waals surface area contributed by atoms with Crippen LogP contribution in [-0.2, 0) is 16.6 Å². The third kappa shape index (κ3) is 4.08. The SMILES string of the molecule is Cc1ccn(CCCNS(=O)(=O)c2ccc(F)c(F)c2)n1. The third-order valence-corrected chi connectivity index (χ3v) is 4.29. The second-order valence-electron chi connectivity index (χ2n) is 4.55. The lowest BCUT2D eigenvalue weighted by Crippen LogP contribution is -2.25. The van der Waals surface area contributed by atoms with E-state index < -0.39 is 21.7 Å². The quantitative estimate of drug-likeness (QED) is 0.827. The Morgan fingerprint density at radius 2 is 2.00 bits per heavy atom. The lowest BCUT2D eigenvalue weighted by atomic mass is 10.3. The normalized spacial score (nSPS) is 11.8. The van der Waals surface area contributed by atoms with Crippen LogP contribution in [0.2, 0.25) is 0 Å². The van der Waals surface area contributed by atoms with Crippen molar-refractivity contribution in [2.75, 3.05) is 6.54 Å². The fourth-order valence-corrected chi connectivity index (χ4v) is 2.85. The molecule has 0 unspecified atom stereocenters. The summed E-state index contributed by atoms with van der Waals surface area (Å²) < 4.78 is 53.7. The summed E-state index contributed by atoms with van der Waals surface area (Å²) in [5.41, 5.74) is 0.886. The molecule has 114 valence electrons. The van der Waals surface area contributed by atoms with Crippen LogP contribution in [0.15, 0.2) is 35.4 Å². The Kier molecular flexibility index (Phi) is 4.69. The first-order valence-corrected chi connectivity index (χ1v) is 7.81. The molecule has 0 bridgehead atoms. The predicted molar refractivity (Wildman–Crippen MR) is 73.1 cm³/mol. The average Bonchev–Trinajstić information content (AvgIpc) is 2.83. The number of hydrogen-bond acceptors (Lipinski definition) is 3. The van der Waals surface area contributed by atoms with E-state index in [-0.39, 0.29) is 11.4 Å². The van der Waals surface area contributed by atoms with Crippen molar-refractivity contribution in [2.24, 2.45) is 0 Å². The Morgan fingerprint density at radius 3 is 2.62 bits per heavy atom. The lowest BCUT2D eigenvalue weighted by molar-refractivity contribution is 0.503. The Morgan fingerprint density at radius 1 is 1.24 bits per heavy atom. The summed E-state index contributed by atoms with van der Waals surface area (Å²) in [7, 11) is -3.84. The molecular formula is C13H15F2N3O2S. The van der Waals surface area contributed by atoms with E-state index in [4.69, 9.17) is 0 Å². The summed E-state index contributed by atoms with van der Waals surface area (Å²) in [6.45, 7) is 2.61. The smallest absolute Gasteiger partial charge is 0.240 e. The van der Waals surface area contributed by atoms with Crippen LogP contribution in [0.5, 0.6) is 0 Å². The van der Waals surface area contributed by atoms with Gasteiger partial charge in [-0.25, -0.2) is 21.9 Å². The van der Waals surface area contributed by atoms with Gasteiger partial charge in [-0.1, -0.05) is 0 Å². The average molecular weight is 315 g/mol. The highest BCUT2D eigenvalue weighted by atomic mass is 32.2. The predicted octanol–water partition coefficient (Wildman–Crippen LogP) is 1.84. The molecule has 1 heterocycles. The first kappa shape index (κ1) is 15.6. The van der Waals surface area contributed by atoms with Gasteiger partial charge in [-0.2, -0.15) is 5.10 Å². The molecule has 0 amide bonds. The van der Waals surface area contributed by atoms with Crippen molar-refractivity contribution in [1.82, 2.24) is 14.5 Å². The molecule has 2 aromatic rings. The van der Waals surface area contributed by atoms with Gasteiger partial charge in [0, 0.05) is 19.3 Å². The standard InChI is InChI=1S/C13H15F2N3O2S/c1-10-5-8-18(17-10)7-2-6-16-21(19,20)11-3-4-12(14)13(15)9-11/h3-5,8-9,16H,2,6-7H2,1H3. The molecule has 0 saturated heterocycles. The Labute approximate surface area is 121 Å². The second kappa shape index (κ2) is 6.31. The topological polar surface area (TPSA) is 64.0 Å². The van der Waals surface area contributed by atoms with E-state index in [1.54, 1.807) is 10.9 Å². The van der Waals surface area contributed by atoms with Gasteiger partial charge in [-0.15, -0.1) is 0 Å². The largest absolute Gasteiger partial charge is 0.272 e. The van der Waals surface area contributed by atoms with Crippen molar-refractivity contribution in [1.29, 1.82) is 0 Å². The summed E-state index contributed by atoms with van der Waals surface area (Å²) >= 11 is 0. The maximum absolute atomic E-state index is 13.0. The number of halogens is 2. The molecule has 1 aromatic carbocycles. The maximum Gasteiger partial charge on any atom is 0.240 e. The molecule has 0 spiro atoms. The molecule has 0 aliphatic carbocycles. The molecule has 5 nitrogen and oxygen atoms in total. The minimum absolute atomic E-state index is 0.181. The van der Waals surface area contributed by atoms with Gasteiger partial charge in [-0.05, 0) is 37.6 Å². The maximum atomic E-state index is 13.0. The second-order valence-corrected chi connectivity index (χ2v) is 6.31. The zero-order valence-electron chi connectivity index (χ0n) is 11.4. The number of nitrogens with one attached hydrogen (secondary N) is 1. The zero-order valence-corrected chi connectivity index (χ0v) is 12.2. The number of sulfonamides is 1. The van der Waals surface area contributed by atoms with Crippen LogP contribution in [0.1, 0.15) is 12.1 Å². The fraction of sp³-hybridized carbons (Fsp3) is 0.308. The van der Waals surface area contributed by atoms with Gasteiger partial charge < -0.3 is 0 Å². The van der Waals surface area contributed by atoms with Crippen LogP contribution in [0, 0.1) is 18.6 Å². The molecule has 0 fully saturated rings. The molecule has 0 aliphatic heterocycles. The number of aryl methyl sites for hydroxylation is 2. The molecule has 1 N–H and O–H groups in total. The lowest BCUT2D eigenvalue weighted by Gasteiger charge is -2.07. The van der Waals surface area contributed by atoms with Gasteiger partial charge in [0.1, 0.15) is 0 Å². The van der Waals surface area contributed by atoms with Gasteiger partial charge in [-0.3, -0.25) is 4.68 Å². The number of aromatic nitrogens is 2. The van der Waals surface area contributed by atoms with E-state index in [2.05, 4.69) is 9.82 Å².